The highest BCUT2D eigenvalue weighted by Gasteiger charge is 2.09. The van der Waals surface area contributed by atoms with Crippen LogP contribution in [-0.2, 0) is 9.59 Å². The lowest BCUT2D eigenvalue weighted by Gasteiger charge is -2.16. The second-order valence-corrected chi connectivity index (χ2v) is 3.07. The van der Waals surface area contributed by atoms with Gasteiger partial charge in [0, 0.05) is 40.1 Å². The average Bonchev–Trinajstić information content (AvgIpc) is 2.21. The Labute approximate surface area is 84.1 Å². The fourth-order valence-corrected chi connectivity index (χ4v) is 0.940. The molecule has 0 unspecified atom stereocenters. The topological polar surface area (TPSA) is 69.6 Å². The van der Waals surface area contributed by atoms with E-state index in [9.17, 15) is 9.59 Å². The summed E-state index contributed by atoms with van der Waals surface area (Å²) in [5.41, 5.74) is 0. The van der Waals surface area contributed by atoms with Crippen molar-refractivity contribution in [1.82, 2.24) is 10.2 Å². The molecule has 0 aliphatic carbocycles. The normalized spacial score (nSPS) is 9.64. The Hall–Kier alpha value is -1.10. The molecule has 5 nitrogen and oxygen atoms in total. The Morgan fingerprint density at radius 2 is 2.00 bits per heavy atom. The minimum Gasteiger partial charge on any atom is -0.396 e. The fourth-order valence-electron chi connectivity index (χ4n) is 0.940. The van der Waals surface area contributed by atoms with Crippen LogP contribution in [0.1, 0.15) is 19.3 Å². The third kappa shape index (κ3) is 5.53. The number of nitrogens with one attached hydrogen (secondary N) is 1. The molecular weight excluding hydrogens is 184 g/mol. The molecule has 0 atom stereocenters. The summed E-state index contributed by atoms with van der Waals surface area (Å²) in [6.07, 6.45) is 1.13. The summed E-state index contributed by atoms with van der Waals surface area (Å²) in [6, 6.07) is 0. The molecule has 0 aromatic carbocycles. The van der Waals surface area contributed by atoms with Gasteiger partial charge in [0.05, 0.1) is 0 Å². The van der Waals surface area contributed by atoms with E-state index in [-0.39, 0.29) is 18.4 Å². The number of aliphatic hydroxyl groups excluding tert-OH is 1. The van der Waals surface area contributed by atoms with Crippen LogP contribution in [0.4, 0.5) is 0 Å². The van der Waals surface area contributed by atoms with Crippen LogP contribution in [0.25, 0.3) is 0 Å². The molecule has 0 aliphatic heterocycles. The summed E-state index contributed by atoms with van der Waals surface area (Å²) in [5, 5.41) is 11.0. The second-order valence-electron chi connectivity index (χ2n) is 3.07. The molecule has 0 saturated carbocycles. The molecule has 0 aromatic heterocycles. The van der Waals surface area contributed by atoms with Crippen molar-refractivity contribution in [3.05, 3.63) is 0 Å². The van der Waals surface area contributed by atoms with E-state index < -0.39 is 0 Å². The molecule has 0 bridgehead atoms. The van der Waals surface area contributed by atoms with E-state index in [1.807, 2.05) is 0 Å². The van der Waals surface area contributed by atoms with Crippen LogP contribution >= 0.6 is 0 Å². The summed E-state index contributed by atoms with van der Waals surface area (Å²) >= 11 is 0. The van der Waals surface area contributed by atoms with Crippen molar-refractivity contribution in [2.45, 2.75) is 19.3 Å². The van der Waals surface area contributed by atoms with E-state index in [0.29, 0.717) is 25.8 Å². The van der Waals surface area contributed by atoms with Gasteiger partial charge in [-0.1, -0.05) is 0 Å². The number of carbonyl (C=O) groups excluding carboxylic acids is 2. The van der Waals surface area contributed by atoms with Gasteiger partial charge in [0.25, 0.3) is 0 Å². The van der Waals surface area contributed by atoms with Gasteiger partial charge in [-0.3, -0.25) is 9.59 Å². The number of amides is 2. The van der Waals surface area contributed by atoms with Crippen LogP contribution in [0.15, 0.2) is 0 Å². The summed E-state index contributed by atoms with van der Waals surface area (Å²) in [5.74, 6) is -0.116. The van der Waals surface area contributed by atoms with Crippen LogP contribution in [0.2, 0.25) is 0 Å². The smallest absolute Gasteiger partial charge is 0.222 e. The molecule has 5 heteroatoms. The fraction of sp³-hybridized carbons (Fsp3) is 0.778. The zero-order valence-electron chi connectivity index (χ0n) is 8.75. The quantitative estimate of drug-likeness (QED) is 0.601. The predicted octanol–water partition coefficient (Wildman–Crippen LogP) is -0.647. The standard InChI is InChI=1S/C9H18N2O3/c1-10-8(13)5-6-11(2)9(14)4-3-7-12/h12H,3-7H2,1-2H3,(H,10,13). The molecule has 0 aliphatic rings. The van der Waals surface area contributed by atoms with Crippen molar-refractivity contribution >= 4 is 11.8 Å². The summed E-state index contributed by atoms with van der Waals surface area (Å²) in [7, 11) is 3.22. The second kappa shape index (κ2) is 7.32. The Morgan fingerprint density at radius 1 is 1.36 bits per heavy atom. The van der Waals surface area contributed by atoms with Crippen molar-refractivity contribution in [3.63, 3.8) is 0 Å². The first-order chi connectivity index (χ1) is 6.61. The van der Waals surface area contributed by atoms with E-state index in [0.717, 1.165) is 0 Å². The molecule has 0 fully saturated rings. The lowest BCUT2D eigenvalue weighted by molar-refractivity contribution is -0.130. The Balaban J connectivity index is 3.66. The summed E-state index contributed by atoms with van der Waals surface area (Å²) in [4.78, 5) is 23.7. The molecule has 0 radical (unpaired) electrons. The Kier molecular flexibility index (Phi) is 6.74. The lowest BCUT2D eigenvalue weighted by atomic mass is 10.3. The Morgan fingerprint density at radius 3 is 2.50 bits per heavy atom. The number of nitrogens with zero attached hydrogens (tertiary/aromatic N) is 1. The third-order valence-corrected chi connectivity index (χ3v) is 1.93. The number of carbonyl (C=O) groups is 2. The first-order valence-corrected chi connectivity index (χ1v) is 4.67. The maximum atomic E-state index is 11.3. The van der Waals surface area contributed by atoms with Gasteiger partial charge in [-0.2, -0.15) is 0 Å². The summed E-state index contributed by atoms with van der Waals surface area (Å²) < 4.78 is 0. The van der Waals surface area contributed by atoms with Gasteiger partial charge in [0.2, 0.25) is 11.8 Å². The molecule has 2 amide bonds. The predicted molar refractivity (Wildman–Crippen MR) is 52.6 cm³/mol. The number of hydrogen-bond acceptors (Lipinski definition) is 3. The van der Waals surface area contributed by atoms with Crippen LogP contribution < -0.4 is 5.32 Å². The van der Waals surface area contributed by atoms with Crippen molar-refractivity contribution in [2.75, 3.05) is 27.2 Å². The highest BCUT2D eigenvalue weighted by molar-refractivity contribution is 5.78. The molecule has 14 heavy (non-hydrogen) atoms. The minimum atomic E-state index is -0.0770. The Bertz CT molecular complexity index is 194. The van der Waals surface area contributed by atoms with E-state index in [4.69, 9.17) is 5.11 Å². The average molecular weight is 202 g/mol. The number of aliphatic hydroxyl groups is 1. The van der Waals surface area contributed by atoms with Gasteiger partial charge in [-0.05, 0) is 6.42 Å². The first-order valence-electron chi connectivity index (χ1n) is 4.67. The maximum absolute atomic E-state index is 11.3. The summed E-state index contributed by atoms with van der Waals surface area (Å²) in [6.45, 7) is 0.443. The van der Waals surface area contributed by atoms with E-state index in [1.165, 1.54) is 4.90 Å². The molecule has 0 aromatic rings. The van der Waals surface area contributed by atoms with Gasteiger partial charge in [-0.25, -0.2) is 0 Å². The SMILES string of the molecule is CNC(=O)CCN(C)C(=O)CCCO. The zero-order valence-corrected chi connectivity index (χ0v) is 8.75. The van der Waals surface area contributed by atoms with Gasteiger partial charge in [0.1, 0.15) is 0 Å². The van der Waals surface area contributed by atoms with Gasteiger partial charge >= 0.3 is 0 Å². The van der Waals surface area contributed by atoms with E-state index in [1.54, 1.807) is 14.1 Å². The van der Waals surface area contributed by atoms with Crippen molar-refractivity contribution in [2.24, 2.45) is 0 Å². The van der Waals surface area contributed by atoms with Crippen LogP contribution in [0.5, 0.6) is 0 Å². The molecule has 2 N–H and O–H groups in total. The molecule has 82 valence electrons. The number of rotatable bonds is 6. The first kappa shape index (κ1) is 12.9. The largest absolute Gasteiger partial charge is 0.396 e. The van der Waals surface area contributed by atoms with Gasteiger partial charge < -0.3 is 15.3 Å². The maximum Gasteiger partial charge on any atom is 0.222 e. The molecular formula is C9H18N2O3. The monoisotopic (exact) mass is 202 g/mol. The van der Waals surface area contributed by atoms with Gasteiger partial charge in [-0.15, -0.1) is 0 Å². The lowest BCUT2D eigenvalue weighted by Crippen LogP contribution is -2.31. The van der Waals surface area contributed by atoms with Crippen LogP contribution in [0.3, 0.4) is 0 Å². The zero-order chi connectivity index (χ0) is 11.0. The molecule has 0 spiro atoms. The highest BCUT2D eigenvalue weighted by Crippen LogP contribution is 1.96. The molecule has 0 saturated heterocycles. The molecule has 0 heterocycles. The van der Waals surface area contributed by atoms with Crippen LogP contribution in [-0.4, -0.2) is 49.1 Å². The highest BCUT2D eigenvalue weighted by atomic mass is 16.3. The van der Waals surface area contributed by atoms with Crippen molar-refractivity contribution in [3.8, 4) is 0 Å². The van der Waals surface area contributed by atoms with Crippen molar-refractivity contribution in [1.29, 1.82) is 0 Å². The number of hydrogen-bond donors (Lipinski definition) is 2. The van der Waals surface area contributed by atoms with Gasteiger partial charge in [0.15, 0.2) is 0 Å². The van der Waals surface area contributed by atoms with Crippen molar-refractivity contribution < 1.29 is 14.7 Å². The molecule has 0 rings (SSSR count). The third-order valence-electron chi connectivity index (χ3n) is 1.93. The van der Waals surface area contributed by atoms with Crippen LogP contribution in [0, 0.1) is 0 Å². The minimum absolute atomic E-state index is 0.0228. The van der Waals surface area contributed by atoms with E-state index >= 15 is 0 Å². The van der Waals surface area contributed by atoms with E-state index in [2.05, 4.69) is 5.32 Å².